The molecule has 3 atom stereocenters. The summed E-state index contributed by atoms with van der Waals surface area (Å²) in [5.41, 5.74) is 6.97. The molecule has 4 N–H and O–H groups in total. The highest BCUT2D eigenvalue weighted by Gasteiger charge is 2.32. The monoisotopic (exact) mass is 572 g/mol. The number of aliphatic hydroxyl groups is 1. The largest absolute Gasteiger partial charge is 0.392 e. The van der Waals surface area contributed by atoms with E-state index in [1.54, 1.807) is 5.48 Å². The van der Waals surface area contributed by atoms with Crippen molar-refractivity contribution in [2.45, 2.75) is 70.2 Å². The second-order valence-corrected chi connectivity index (χ2v) is 10.5. The van der Waals surface area contributed by atoms with Gasteiger partial charge in [0.05, 0.1) is 42.7 Å². The Morgan fingerprint density at radius 2 is 1.60 bits per heavy atom. The van der Waals surface area contributed by atoms with Gasteiger partial charge < -0.3 is 24.5 Å². The highest BCUT2D eigenvalue weighted by molar-refractivity contribution is 5.90. The normalized spacial score (nSPS) is 18.6. The third-order valence-corrected chi connectivity index (χ3v) is 7.44. The lowest BCUT2D eigenvalue weighted by molar-refractivity contribution is -0.252. The molecule has 2 heterocycles. The third kappa shape index (κ3) is 7.59. The first-order valence-corrected chi connectivity index (χ1v) is 14.3. The minimum Gasteiger partial charge on any atom is -0.392 e. The number of carbonyl (C=O) groups excluding carboxylic acids is 2. The van der Waals surface area contributed by atoms with E-state index in [0.29, 0.717) is 37.9 Å². The van der Waals surface area contributed by atoms with E-state index in [9.17, 15) is 14.7 Å². The average Bonchev–Trinajstić information content (AvgIpc) is 3.43. The first-order chi connectivity index (χ1) is 20.5. The molecule has 0 bridgehead atoms. The van der Waals surface area contributed by atoms with Crippen molar-refractivity contribution >= 4 is 28.5 Å². The fraction of sp³-hybridized carbons (Fsp3) is 0.344. The Morgan fingerprint density at radius 1 is 0.881 bits per heavy atom. The number of unbranched alkanes of at least 4 members (excludes halogenated alkanes) is 2. The van der Waals surface area contributed by atoms with Crippen LogP contribution in [0.5, 0.6) is 0 Å². The quantitative estimate of drug-likeness (QED) is 0.105. The Morgan fingerprint density at radius 3 is 2.33 bits per heavy atom. The van der Waals surface area contributed by atoms with Gasteiger partial charge in [0.2, 0.25) is 11.8 Å². The van der Waals surface area contributed by atoms with Crippen LogP contribution >= 0.6 is 0 Å². The number of imidazole rings is 1. The zero-order valence-electron chi connectivity index (χ0n) is 23.3. The summed E-state index contributed by atoms with van der Waals surface area (Å²) in [7, 11) is 0. The fourth-order valence-corrected chi connectivity index (χ4v) is 5.16. The molecule has 0 aliphatic carbocycles. The van der Waals surface area contributed by atoms with Crippen molar-refractivity contribution < 1.29 is 29.4 Å². The van der Waals surface area contributed by atoms with E-state index < -0.39 is 12.2 Å². The molecule has 10 nitrogen and oxygen atoms in total. The smallest absolute Gasteiger partial charge is 0.243 e. The molecule has 1 aliphatic rings. The van der Waals surface area contributed by atoms with Gasteiger partial charge >= 0.3 is 0 Å². The first-order valence-electron chi connectivity index (χ1n) is 14.3. The maximum absolute atomic E-state index is 12.4. The number of benzene rings is 3. The van der Waals surface area contributed by atoms with Crippen molar-refractivity contribution in [3.05, 3.63) is 95.8 Å². The lowest BCUT2D eigenvalue weighted by Gasteiger charge is -2.36. The number of anilines is 1. The molecule has 1 aliphatic heterocycles. The van der Waals surface area contributed by atoms with Crippen LogP contribution < -0.4 is 10.8 Å². The molecule has 1 fully saturated rings. The summed E-state index contributed by atoms with van der Waals surface area (Å²) in [6, 6.07) is 23.3. The van der Waals surface area contributed by atoms with E-state index in [0.717, 1.165) is 34.1 Å². The summed E-state index contributed by atoms with van der Waals surface area (Å²) in [5, 5.41) is 20.9. The highest BCUT2D eigenvalue weighted by atomic mass is 16.7. The molecule has 10 heteroatoms. The van der Waals surface area contributed by atoms with Crippen LogP contribution in [0.1, 0.15) is 67.6 Å². The maximum Gasteiger partial charge on any atom is 0.243 e. The first kappa shape index (κ1) is 29.4. The molecule has 0 saturated carbocycles. The molecule has 1 saturated heterocycles. The summed E-state index contributed by atoms with van der Waals surface area (Å²) in [5.74, 6) is -0.517. The Bertz CT molecular complexity index is 1470. The molecule has 220 valence electrons. The van der Waals surface area contributed by atoms with Crippen molar-refractivity contribution in [3.63, 3.8) is 0 Å². The van der Waals surface area contributed by atoms with Gasteiger partial charge in [-0.3, -0.25) is 14.8 Å². The van der Waals surface area contributed by atoms with Crippen LogP contribution in [-0.2, 0) is 32.2 Å². The second-order valence-electron chi connectivity index (χ2n) is 10.5. The summed E-state index contributed by atoms with van der Waals surface area (Å²) in [4.78, 5) is 28.0. The van der Waals surface area contributed by atoms with Crippen LogP contribution in [0.15, 0.2) is 79.1 Å². The van der Waals surface area contributed by atoms with Crippen molar-refractivity contribution in [3.8, 4) is 0 Å². The lowest BCUT2D eigenvalue weighted by atomic mass is 10.00. The molecular weight excluding hydrogens is 536 g/mol. The number of nitrogens with zero attached hydrogens (tertiary/aromatic N) is 2. The Hall–Kier alpha value is -4.09. The summed E-state index contributed by atoms with van der Waals surface area (Å²) >= 11 is 0. The Balaban J connectivity index is 1.24. The van der Waals surface area contributed by atoms with Gasteiger partial charge in [-0.25, -0.2) is 10.5 Å². The molecule has 3 unspecified atom stereocenters. The van der Waals surface area contributed by atoms with E-state index >= 15 is 0 Å². The third-order valence-electron chi connectivity index (χ3n) is 7.44. The zero-order chi connectivity index (χ0) is 29.3. The van der Waals surface area contributed by atoms with Gasteiger partial charge in [-0.2, -0.15) is 0 Å². The predicted octanol–water partition coefficient (Wildman–Crippen LogP) is 5.17. The van der Waals surface area contributed by atoms with Gasteiger partial charge in [-0.1, -0.05) is 55.0 Å². The topological polar surface area (TPSA) is 135 Å². The van der Waals surface area contributed by atoms with Gasteiger partial charge in [-0.15, -0.1) is 0 Å². The molecule has 1 aromatic heterocycles. The molecule has 42 heavy (non-hydrogen) atoms. The van der Waals surface area contributed by atoms with Gasteiger partial charge in [0.25, 0.3) is 0 Å². The number of hydrogen-bond acceptors (Lipinski definition) is 7. The number of carbonyl (C=O) groups is 2. The second kappa shape index (κ2) is 14.2. The average molecular weight is 573 g/mol. The number of fused-ring (bicyclic) bond motifs is 1. The van der Waals surface area contributed by atoms with E-state index in [2.05, 4.69) is 14.9 Å². The van der Waals surface area contributed by atoms with Crippen LogP contribution in [0.4, 0.5) is 5.69 Å². The Labute approximate surface area is 244 Å². The van der Waals surface area contributed by atoms with Crippen LogP contribution in [0.2, 0.25) is 0 Å². The number of hydrogen-bond donors (Lipinski definition) is 4. The van der Waals surface area contributed by atoms with Gasteiger partial charge in [0.1, 0.15) is 0 Å². The highest BCUT2D eigenvalue weighted by Crippen LogP contribution is 2.39. The number of aliphatic hydroxyl groups excluding tert-OH is 1. The van der Waals surface area contributed by atoms with Crippen LogP contribution in [0, 0.1) is 0 Å². The number of para-hydroxylation sites is 2. The molecule has 3 aromatic carbocycles. The summed E-state index contributed by atoms with van der Waals surface area (Å²) < 4.78 is 15.0. The molecule has 4 aromatic rings. The number of aromatic nitrogens is 2. The molecular formula is C32H36N4O6. The molecule has 5 rings (SSSR count). The number of amides is 2. The fourth-order valence-electron chi connectivity index (χ4n) is 5.16. The van der Waals surface area contributed by atoms with Crippen molar-refractivity contribution in [1.29, 1.82) is 0 Å². The number of hydroxylamine groups is 1. The van der Waals surface area contributed by atoms with Crippen LogP contribution in [0.25, 0.3) is 11.0 Å². The number of ether oxygens (including phenoxy) is 2. The van der Waals surface area contributed by atoms with Crippen LogP contribution in [0.3, 0.4) is 0 Å². The van der Waals surface area contributed by atoms with Gasteiger partial charge in [0.15, 0.2) is 6.29 Å². The predicted molar refractivity (Wildman–Crippen MR) is 156 cm³/mol. The van der Waals surface area contributed by atoms with E-state index in [1.165, 1.54) is 0 Å². The van der Waals surface area contributed by atoms with Crippen molar-refractivity contribution in [2.75, 3.05) is 5.32 Å². The van der Waals surface area contributed by atoms with Gasteiger partial charge in [0, 0.05) is 30.5 Å². The Kier molecular flexibility index (Phi) is 9.94. The van der Waals surface area contributed by atoms with Crippen molar-refractivity contribution in [1.82, 2.24) is 15.0 Å². The molecule has 0 radical (unpaired) electrons. The number of nitrogens with one attached hydrogen (secondary N) is 2. The summed E-state index contributed by atoms with van der Waals surface area (Å²) in [6.45, 7) is 0.602. The van der Waals surface area contributed by atoms with E-state index in [-0.39, 0.29) is 31.1 Å². The standard InChI is InChI=1S/C32H36N4O6/c37-20-22-10-12-23(13-11-22)29-18-26(19-36-21-33-27-6-4-5-7-28(27)36)41-32(42-29)24-14-16-25(17-15-24)34-30(38)8-2-1-3-9-31(39)35-40/h4-7,10-17,21,26,29,32,37,40H,1-3,8-9,18-20H2,(H,34,38)(H,35,39). The van der Waals surface area contributed by atoms with Gasteiger partial charge in [-0.05, 0) is 48.2 Å². The van der Waals surface area contributed by atoms with Crippen molar-refractivity contribution in [2.24, 2.45) is 0 Å². The maximum atomic E-state index is 12.4. The minimum atomic E-state index is -0.609. The molecule has 0 spiro atoms. The van der Waals surface area contributed by atoms with Crippen LogP contribution in [-0.4, -0.2) is 37.8 Å². The minimum absolute atomic E-state index is 0.0138. The molecule has 2 amide bonds. The van der Waals surface area contributed by atoms with E-state index in [1.807, 2.05) is 79.1 Å². The lowest BCUT2D eigenvalue weighted by Crippen LogP contribution is -2.32. The SMILES string of the molecule is O=C(CCCCCC(=O)Nc1ccc(C2OC(Cn3cnc4ccccc43)CC(c3ccc(CO)cc3)O2)cc1)NO. The van der Waals surface area contributed by atoms with E-state index in [4.69, 9.17) is 14.7 Å². The number of rotatable bonds is 12. The summed E-state index contributed by atoms with van der Waals surface area (Å²) in [6.07, 6.45) is 4.09. The zero-order valence-corrected chi connectivity index (χ0v) is 23.3.